The molecule has 0 aromatic heterocycles. The zero-order valence-corrected chi connectivity index (χ0v) is 13.1. The molecule has 2 atom stereocenters. The van der Waals surface area contributed by atoms with Crippen LogP contribution in [0.25, 0.3) is 0 Å². The van der Waals surface area contributed by atoms with Crippen molar-refractivity contribution in [2.75, 3.05) is 0 Å². The van der Waals surface area contributed by atoms with E-state index < -0.39 is 4.83 Å². The summed E-state index contributed by atoms with van der Waals surface area (Å²) < 4.78 is 0. The Balaban J connectivity index is 2.23. The van der Waals surface area contributed by atoms with Crippen LogP contribution in [-0.2, 0) is 0 Å². The number of carbonyl (C=O) groups excluding carboxylic acids is 1. The van der Waals surface area contributed by atoms with E-state index in [-0.39, 0.29) is 16.4 Å². The first kappa shape index (κ1) is 14.3. The van der Waals surface area contributed by atoms with E-state index in [4.69, 9.17) is 0 Å². The van der Waals surface area contributed by atoms with Gasteiger partial charge in [-0.05, 0) is 17.7 Å². The molecule has 2 rings (SSSR count). The van der Waals surface area contributed by atoms with Crippen LogP contribution >= 0.6 is 31.9 Å². The molecular formula is C15H12Br2O2. The summed E-state index contributed by atoms with van der Waals surface area (Å²) in [6.07, 6.45) is 0. The third kappa shape index (κ3) is 3.25. The lowest BCUT2D eigenvalue weighted by Crippen LogP contribution is -2.19. The van der Waals surface area contributed by atoms with Crippen molar-refractivity contribution in [2.24, 2.45) is 0 Å². The summed E-state index contributed by atoms with van der Waals surface area (Å²) in [5, 5.41) is 9.73. The lowest BCUT2D eigenvalue weighted by Gasteiger charge is -2.16. The molecule has 4 heteroatoms. The number of carbonyl (C=O) groups is 1. The number of aromatic hydroxyl groups is 1. The highest BCUT2D eigenvalue weighted by atomic mass is 79.9. The zero-order valence-electron chi connectivity index (χ0n) is 9.96. The SMILES string of the molecule is O=C(c1ccccc1O)C(Br)C(Br)c1ccccc1. The fourth-order valence-corrected chi connectivity index (χ4v) is 2.87. The molecule has 0 radical (unpaired) electrons. The predicted octanol–water partition coefficient (Wildman–Crippen LogP) is 4.47. The monoisotopic (exact) mass is 382 g/mol. The van der Waals surface area contributed by atoms with Crippen LogP contribution in [0.3, 0.4) is 0 Å². The minimum absolute atomic E-state index is 0.00436. The van der Waals surface area contributed by atoms with Crippen molar-refractivity contribution in [3.05, 3.63) is 65.7 Å². The van der Waals surface area contributed by atoms with Gasteiger partial charge in [-0.1, -0.05) is 74.3 Å². The molecule has 0 heterocycles. The summed E-state index contributed by atoms with van der Waals surface area (Å²) in [6, 6.07) is 16.2. The topological polar surface area (TPSA) is 37.3 Å². The largest absolute Gasteiger partial charge is 0.507 e. The Morgan fingerprint density at radius 2 is 1.53 bits per heavy atom. The predicted molar refractivity (Wildman–Crippen MR) is 83.3 cm³/mol. The maximum Gasteiger partial charge on any atom is 0.181 e. The molecule has 0 saturated heterocycles. The van der Waals surface area contributed by atoms with Gasteiger partial charge in [0.2, 0.25) is 0 Å². The molecular weight excluding hydrogens is 372 g/mol. The number of hydrogen-bond acceptors (Lipinski definition) is 2. The molecule has 0 spiro atoms. The van der Waals surface area contributed by atoms with Crippen molar-refractivity contribution in [1.82, 2.24) is 0 Å². The molecule has 0 amide bonds. The molecule has 98 valence electrons. The molecule has 2 unspecified atom stereocenters. The number of phenolic OH excluding ortho intramolecular Hbond substituents is 1. The van der Waals surface area contributed by atoms with Gasteiger partial charge in [-0.2, -0.15) is 0 Å². The van der Waals surface area contributed by atoms with Gasteiger partial charge in [0, 0.05) is 0 Å². The van der Waals surface area contributed by atoms with Gasteiger partial charge in [0.15, 0.2) is 5.78 Å². The molecule has 0 bridgehead atoms. The quantitative estimate of drug-likeness (QED) is 0.624. The number of alkyl halides is 2. The van der Waals surface area contributed by atoms with Crippen LogP contribution in [0.4, 0.5) is 0 Å². The van der Waals surface area contributed by atoms with Gasteiger partial charge in [-0.25, -0.2) is 0 Å². The van der Waals surface area contributed by atoms with Crippen LogP contribution in [0.15, 0.2) is 54.6 Å². The minimum atomic E-state index is -0.441. The lowest BCUT2D eigenvalue weighted by molar-refractivity contribution is 0.0988. The second kappa shape index (κ2) is 6.35. The Morgan fingerprint density at radius 3 is 2.16 bits per heavy atom. The van der Waals surface area contributed by atoms with Crippen LogP contribution in [0.1, 0.15) is 20.7 Å². The van der Waals surface area contributed by atoms with Crippen LogP contribution in [0, 0.1) is 0 Å². The molecule has 0 fully saturated rings. The molecule has 0 saturated carbocycles. The Kier molecular flexibility index (Phi) is 4.77. The number of phenols is 1. The van der Waals surface area contributed by atoms with Crippen molar-refractivity contribution in [3.63, 3.8) is 0 Å². The lowest BCUT2D eigenvalue weighted by atomic mass is 10.0. The summed E-state index contributed by atoms with van der Waals surface area (Å²) in [5.74, 6) is -0.145. The summed E-state index contributed by atoms with van der Waals surface area (Å²) in [4.78, 5) is 11.7. The number of hydrogen-bond donors (Lipinski definition) is 1. The molecule has 2 aromatic rings. The molecule has 19 heavy (non-hydrogen) atoms. The van der Waals surface area contributed by atoms with E-state index in [1.54, 1.807) is 18.2 Å². The molecule has 2 nitrogen and oxygen atoms in total. The third-order valence-corrected chi connectivity index (χ3v) is 5.51. The molecule has 0 aliphatic carbocycles. The van der Waals surface area contributed by atoms with Crippen molar-refractivity contribution < 1.29 is 9.90 Å². The molecule has 0 aliphatic heterocycles. The fraction of sp³-hybridized carbons (Fsp3) is 0.133. The van der Waals surface area contributed by atoms with Crippen LogP contribution in [0.5, 0.6) is 5.75 Å². The number of para-hydroxylation sites is 1. The summed E-state index contributed by atoms with van der Waals surface area (Å²) in [6.45, 7) is 0. The van der Waals surface area contributed by atoms with Crippen molar-refractivity contribution in [1.29, 1.82) is 0 Å². The van der Waals surface area contributed by atoms with E-state index in [0.717, 1.165) is 5.56 Å². The van der Waals surface area contributed by atoms with Crippen LogP contribution in [0.2, 0.25) is 0 Å². The number of rotatable bonds is 4. The van der Waals surface area contributed by atoms with Gasteiger partial charge < -0.3 is 5.11 Å². The third-order valence-electron chi connectivity index (χ3n) is 2.79. The van der Waals surface area contributed by atoms with E-state index in [9.17, 15) is 9.90 Å². The van der Waals surface area contributed by atoms with Gasteiger partial charge in [0.25, 0.3) is 0 Å². The highest BCUT2D eigenvalue weighted by Gasteiger charge is 2.27. The Bertz CT molecular complexity index is 569. The second-order valence-corrected chi connectivity index (χ2v) is 6.07. The van der Waals surface area contributed by atoms with E-state index in [0.29, 0.717) is 5.56 Å². The van der Waals surface area contributed by atoms with E-state index in [1.807, 2.05) is 30.3 Å². The average Bonchev–Trinajstić information content (AvgIpc) is 2.46. The van der Waals surface area contributed by atoms with Gasteiger partial charge >= 0.3 is 0 Å². The van der Waals surface area contributed by atoms with E-state index in [1.165, 1.54) is 6.07 Å². The molecule has 0 aliphatic rings. The summed E-state index contributed by atoms with van der Waals surface area (Å²) in [5.41, 5.74) is 1.33. The Morgan fingerprint density at radius 1 is 0.947 bits per heavy atom. The van der Waals surface area contributed by atoms with Gasteiger partial charge in [0.05, 0.1) is 15.2 Å². The normalized spacial score (nSPS) is 13.8. The van der Waals surface area contributed by atoms with Crippen molar-refractivity contribution in [3.8, 4) is 5.75 Å². The molecule has 1 N–H and O–H groups in total. The number of benzene rings is 2. The highest BCUT2D eigenvalue weighted by molar-refractivity contribution is 9.12. The van der Waals surface area contributed by atoms with E-state index in [2.05, 4.69) is 31.9 Å². The Hall–Kier alpha value is -1.13. The number of ketones is 1. The van der Waals surface area contributed by atoms with Crippen molar-refractivity contribution >= 4 is 37.6 Å². The van der Waals surface area contributed by atoms with Crippen molar-refractivity contribution in [2.45, 2.75) is 9.65 Å². The first-order valence-electron chi connectivity index (χ1n) is 5.76. The Labute approximate surface area is 128 Å². The van der Waals surface area contributed by atoms with Crippen LogP contribution < -0.4 is 0 Å². The fourth-order valence-electron chi connectivity index (χ4n) is 1.77. The first-order valence-corrected chi connectivity index (χ1v) is 7.59. The standard InChI is InChI=1S/C15H12Br2O2/c16-13(10-6-2-1-3-7-10)14(17)15(19)11-8-4-5-9-12(11)18/h1-9,13-14,18H. The van der Waals surface area contributed by atoms with Gasteiger partial charge in [0.1, 0.15) is 5.75 Å². The maximum absolute atomic E-state index is 12.3. The summed E-state index contributed by atoms with van der Waals surface area (Å²) >= 11 is 6.93. The zero-order chi connectivity index (χ0) is 13.8. The average molecular weight is 384 g/mol. The highest BCUT2D eigenvalue weighted by Crippen LogP contribution is 2.34. The minimum Gasteiger partial charge on any atom is -0.507 e. The number of halogens is 2. The second-order valence-electron chi connectivity index (χ2n) is 4.10. The smallest absolute Gasteiger partial charge is 0.181 e. The first-order chi connectivity index (χ1) is 9.11. The van der Waals surface area contributed by atoms with Gasteiger partial charge in [-0.15, -0.1) is 0 Å². The number of Topliss-reactive ketones (excluding diaryl/α,β-unsaturated/α-hetero) is 1. The van der Waals surface area contributed by atoms with Gasteiger partial charge in [-0.3, -0.25) is 4.79 Å². The van der Waals surface area contributed by atoms with Crippen LogP contribution in [-0.4, -0.2) is 15.7 Å². The molecule has 2 aromatic carbocycles. The summed E-state index contributed by atoms with van der Waals surface area (Å²) in [7, 11) is 0. The van der Waals surface area contributed by atoms with E-state index >= 15 is 0 Å². The maximum atomic E-state index is 12.3.